The summed E-state index contributed by atoms with van der Waals surface area (Å²) in [7, 11) is 0. The van der Waals surface area contributed by atoms with Crippen molar-refractivity contribution >= 4 is 29.3 Å². The van der Waals surface area contributed by atoms with E-state index in [-0.39, 0.29) is 5.25 Å². The summed E-state index contributed by atoms with van der Waals surface area (Å²) in [5, 5.41) is 1.59. The third kappa shape index (κ3) is 2.41. The second-order valence-corrected chi connectivity index (χ2v) is 5.97. The van der Waals surface area contributed by atoms with Crippen molar-refractivity contribution in [1.29, 1.82) is 0 Å². The summed E-state index contributed by atoms with van der Waals surface area (Å²) in [5.41, 5.74) is 0. The van der Waals surface area contributed by atoms with Crippen LogP contribution in [0.15, 0.2) is 0 Å². The van der Waals surface area contributed by atoms with Gasteiger partial charge in [0.25, 0.3) is 0 Å². The van der Waals surface area contributed by atoms with Crippen LogP contribution in [0.5, 0.6) is 0 Å². The summed E-state index contributed by atoms with van der Waals surface area (Å²) in [6.07, 6.45) is 0. The molecule has 3 atom stereocenters. The Bertz CT molecular complexity index is 158. The van der Waals surface area contributed by atoms with E-state index in [0.29, 0.717) is 16.3 Å². The Hall–Kier alpha value is 0.370. The first kappa shape index (κ1) is 9.46. The predicted octanol–water partition coefficient (Wildman–Crippen LogP) is 2.20. The zero-order chi connectivity index (χ0) is 8.43. The lowest BCUT2D eigenvalue weighted by atomic mass is 10.3. The van der Waals surface area contributed by atoms with Crippen molar-refractivity contribution in [2.45, 2.75) is 36.5 Å². The van der Waals surface area contributed by atoms with Gasteiger partial charge in [0, 0.05) is 16.3 Å². The van der Waals surface area contributed by atoms with Crippen molar-refractivity contribution in [3.8, 4) is 0 Å². The molecule has 0 saturated carbocycles. The number of carbonyl (C=O) groups excluding carboxylic acids is 1. The molecule has 0 amide bonds. The summed E-state index contributed by atoms with van der Waals surface area (Å²) < 4.78 is 0. The molecule has 1 aliphatic rings. The van der Waals surface area contributed by atoms with E-state index in [1.807, 2.05) is 23.5 Å². The minimum Gasteiger partial charge on any atom is -0.299 e. The van der Waals surface area contributed by atoms with Crippen molar-refractivity contribution in [3.63, 3.8) is 0 Å². The van der Waals surface area contributed by atoms with Crippen LogP contribution in [0.4, 0.5) is 0 Å². The van der Waals surface area contributed by atoms with Crippen LogP contribution in [0.1, 0.15) is 20.8 Å². The Morgan fingerprint density at radius 1 is 1.36 bits per heavy atom. The van der Waals surface area contributed by atoms with E-state index in [4.69, 9.17) is 0 Å². The highest BCUT2D eigenvalue weighted by Crippen LogP contribution is 2.35. The highest BCUT2D eigenvalue weighted by Gasteiger charge is 2.27. The molecule has 1 rings (SSSR count). The summed E-state index contributed by atoms with van der Waals surface area (Å²) >= 11 is 3.75. The highest BCUT2D eigenvalue weighted by atomic mass is 32.2. The molecule has 1 fully saturated rings. The van der Waals surface area contributed by atoms with Crippen molar-refractivity contribution in [2.75, 3.05) is 5.75 Å². The van der Waals surface area contributed by atoms with Crippen LogP contribution in [0.2, 0.25) is 0 Å². The summed E-state index contributed by atoms with van der Waals surface area (Å²) in [6.45, 7) is 6.14. The SMILES string of the molecule is CC(=O)C1CSC(C)C(C)S1. The van der Waals surface area contributed by atoms with E-state index < -0.39 is 0 Å². The van der Waals surface area contributed by atoms with Crippen LogP contribution in [0.3, 0.4) is 0 Å². The van der Waals surface area contributed by atoms with Crippen LogP contribution in [0, 0.1) is 0 Å². The first-order chi connectivity index (χ1) is 5.11. The predicted molar refractivity (Wildman–Crippen MR) is 53.4 cm³/mol. The van der Waals surface area contributed by atoms with Gasteiger partial charge in [0.15, 0.2) is 0 Å². The van der Waals surface area contributed by atoms with Gasteiger partial charge in [-0.2, -0.15) is 11.8 Å². The molecule has 1 nitrogen and oxygen atoms in total. The monoisotopic (exact) mass is 190 g/mol. The van der Waals surface area contributed by atoms with E-state index in [0.717, 1.165) is 5.75 Å². The lowest BCUT2D eigenvalue weighted by molar-refractivity contribution is -0.116. The Labute approximate surface area is 76.7 Å². The molecule has 64 valence electrons. The quantitative estimate of drug-likeness (QED) is 0.631. The summed E-state index contributed by atoms with van der Waals surface area (Å²) in [4.78, 5) is 11.0. The second kappa shape index (κ2) is 3.85. The molecule has 0 N–H and O–H groups in total. The number of carbonyl (C=O) groups is 1. The van der Waals surface area contributed by atoms with Crippen LogP contribution < -0.4 is 0 Å². The molecule has 3 heteroatoms. The largest absolute Gasteiger partial charge is 0.299 e. The van der Waals surface area contributed by atoms with Gasteiger partial charge >= 0.3 is 0 Å². The lowest BCUT2D eigenvalue weighted by Crippen LogP contribution is -2.30. The number of Topliss-reactive ketones (excluding diaryl/α,β-unsaturated/α-hetero) is 1. The molecule has 0 aromatic rings. The molecule has 1 saturated heterocycles. The summed E-state index contributed by atoms with van der Waals surface area (Å²) in [5.74, 6) is 1.34. The average Bonchev–Trinajstić information content (AvgIpc) is 1.94. The maximum atomic E-state index is 11.0. The molecule has 3 unspecified atom stereocenters. The van der Waals surface area contributed by atoms with Crippen molar-refractivity contribution in [2.24, 2.45) is 0 Å². The third-order valence-electron chi connectivity index (χ3n) is 2.00. The standard InChI is InChI=1S/C8H14OS2/c1-5(9)8-4-10-6(2)7(3)11-8/h6-8H,4H2,1-3H3. The van der Waals surface area contributed by atoms with Crippen molar-refractivity contribution < 1.29 is 4.79 Å². The van der Waals surface area contributed by atoms with E-state index in [1.54, 1.807) is 6.92 Å². The molecule has 0 bridgehead atoms. The normalized spacial score (nSPS) is 38.6. The van der Waals surface area contributed by atoms with Gasteiger partial charge in [-0.15, -0.1) is 11.8 Å². The minimum absolute atomic E-state index is 0.256. The number of thioether (sulfide) groups is 2. The third-order valence-corrected chi connectivity index (χ3v) is 5.51. The molecule has 0 aromatic carbocycles. The van der Waals surface area contributed by atoms with Crippen LogP contribution in [-0.4, -0.2) is 27.3 Å². The number of rotatable bonds is 1. The fourth-order valence-corrected chi connectivity index (χ4v) is 3.89. The molecular weight excluding hydrogens is 176 g/mol. The Kier molecular flexibility index (Phi) is 3.31. The second-order valence-electron chi connectivity index (χ2n) is 2.98. The van der Waals surface area contributed by atoms with Crippen LogP contribution in [0.25, 0.3) is 0 Å². The molecule has 0 aromatic heterocycles. The fourth-order valence-electron chi connectivity index (χ4n) is 0.997. The van der Waals surface area contributed by atoms with Gasteiger partial charge in [-0.3, -0.25) is 4.79 Å². The first-order valence-electron chi connectivity index (χ1n) is 3.88. The molecule has 1 heterocycles. The maximum absolute atomic E-state index is 11.0. The van der Waals surface area contributed by atoms with Gasteiger partial charge < -0.3 is 0 Å². The smallest absolute Gasteiger partial charge is 0.143 e. The molecular formula is C8H14OS2. The van der Waals surface area contributed by atoms with Crippen LogP contribution >= 0.6 is 23.5 Å². The molecule has 11 heavy (non-hydrogen) atoms. The Morgan fingerprint density at radius 2 is 2.00 bits per heavy atom. The van der Waals surface area contributed by atoms with E-state index in [1.165, 1.54) is 0 Å². The molecule has 0 spiro atoms. The van der Waals surface area contributed by atoms with Gasteiger partial charge in [0.2, 0.25) is 0 Å². The zero-order valence-corrected chi connectivity index (χ0v) is 8.80. The van der Waals surface area contributed by atoms with E-state index in [9.17, 15) is 4.79 Å². The van der Waals surface area contributed by atoms with Gasteiger partial charge in [0.05, 0.1) is 5.25 Å². The number of hydrogen-bond donors (Lipinski definition) is 0. The number of hydrogen-bond acceptors (Lipinski definition) is 3. The highest BCUT2D eigenvalue weighted by molar-refractivity contribution is 8.08. The average molecular weight is 190 g/mol. The molecule has 0 aliphatic carbocycles. The number of ketones is 1. The Morgan fingerprint density at radius 3 is 2.45 bits per heavy atom. The molecule has 0 radical (unpaired) electrons. The van der Waals surface area contributed by atoms with Crippen molar-refractivity contribution in [3.05, 3.63) is 0 Å². The zero-order valence-electron chi connectivity index (χ0n) is 7.16. The van der Waals surface area contributed by atoms with E-state index in [2.05, 4.69) is 13.8 Å². The fraction of sp³-hybridized carbons (Fsp3) is 0.875. The van der Waals surface area contributed by atoms with E-state index >= 15 is 0 Å². The Balaban J connectivity index is 2.46. The van der Waals surface area contributed by atoms with Gasteiger partial charge in [0.1, 0.15) is 5.78 Å². The minimum atomic E-state index is 0.256. The van der Waals surface area contributed by atoms with Gasteiger partial charge in [-0.05, 0) is 6.92 Å². The van der Waals surface area contributed by atoms with Crippen molar-refractivity contribution in [1.82, 2.24) is 0 Å². The van der Waals surface area contributed by atoms with Crippen LogP contribution in [-0.2, 0) is 4.79 Å². The topological polar surface area (TPSA) is 17.1 Å². The molecule has 1 aliphatic heterocycles. The van der Waals surface area contributed by atoms with Gasteiger partial charge in [-0.25, -0.2) is 0 Å². The maximum Gasteiger partial charge on any atom is 0.143 e. The first-order valence-corrected chi connectivity index (χ1v) is 5.88. The lowest BCUT2D eigenvalue weighted by Gasteiger charge is -2.29. The van der Waals surface area contributed by atoms with Gasteiger partial charge in [-0.1, -0.05) is 13.8 Å². The summed E-state index contributed by atoms with van der Waals surface area (Å²) in [6, 6.07) is 0.